The molecule has 0 unspecified atom stereocenters. The van der Waals surface area contributed by atoms with Gasteiger partial charge in [0.15, 0.2) is 0 Å². The molecule has 0 bridgehead atoms. The molecular formula is C20H27F3N2O2. The van der Waals surface area contributed by atoms with Crippen molar-refractivity contribution in [2.75, 3.05) is 45.9 Å². The van der Waals surface area contributed by atoms with E-state index >= 15 is 0 Å². The van der Waals surface area contributed by atoms with Gasteiger partial charge in [-0.15, -0.1) is 0 Å². The van der Waals surface area contributed by atoms with Gasteiger partial charge in [-0.3, -0.25) is 9.69 Å². The molecule has 2 saturated heterocycles. The molecule has 0 saturated carbocycles. The number of morpholine rings is 1. The number of ether oxygens (including phenoxy) is 1. The fraction of sp³-hybridized carbons (Fsp3) is 0.650. The molecule has 7 heteroatoms. The number of likely N-dealkylation sites (tertiary alicyclic amines) is 1. The molecule has 0 radical (unpaired) electrons. The number of hydrogen-bond donors (Lipinski definition) is 0. The second-order valence-electron chi connectivity index (χ2n) is 7.43. The van der Waals surface area contributed by atoms with Crippen molar-refractivity contribution in [3.05, 3.63) is 35.4 Å². The summed E-state index contributed by atoms with van der Waals surface area (Å²) in [6, 6.07) is 5.83. The summed E-state index contributed by atoms with van der Waals surface area (Å²) in [7, 11) is 0. The van der Waals surface area contributed by atoms with Gasteiger partial charge in [-0.1, -0.05) is 18.2 Å². The molecule has 2 heterocycles. The predicted octanol–water partition coefficient (Wildman–Crippen LogP) is 3.21. The van der Waals surface area contributed by atoms with Crippen LogP contribution in [0.25, 0.3) is 0 Å². The average molecular weight is 384 g/mol. The molecule has 1 aromatic carbocycles. The number of rotatable bonds is 5. The van der Waals surface area contributed by atoms with E-state index < -0.39 is 11.7 Å². The van der Waals surface area contributed by atoms with Crippen molar-refractivity contribution >= 4 is 5.91 Å². The van der Waals surface area contributed by atoms with Crippen LogP contribution in [-0.2, 0) is 22.1 Å². The summed E-state index contributed by atoms with van der Waals surface area (Å²) in [5.74, 6) is 0.457. The lowest BCUT2D eigenvalue weighted by molar-refractivity contribution is -0.138. The molecule has 1 aromatic rings. The normalized spacial score (nSPS) is 22.0. The van der Waals surface area contributed by atoms with Crippen molar-refractivity contribution < 1.29 is 22.7 Å². The lowest BCUT2D eigenvalue weighted by Crippen LogP contribution is -2.47. The van der Waals surface area contributed by atoms with Crippen molar-refractivity contribution in [2.45, 2.75) is 31.9 Å². The first-order valence-electron chi connectivity index (χ1n) is 9.66. The summed E-state index contributed by atoms with van der Waals surface area (Å²) >= 11 is 0. The fourth-order valence-corrected chi connectivity index (χ4v) is 4.01. The second kappa shape index (κ2) is 9.06. The van der Waals surface area contributed by atoms with Gasteiger partial charge in [0.05, 0.1) is 25.3 Å². The summed E-state index contributed by atoms with van der Waals surface area (Å²) in [5, 5.41) is 0. The summed E-state index contributed by atoms with van der Waals surface area (Å²) in [6.07, 6.45) is -1.17. The van der Waals surface area contributed by atoms with Gasteiger partial charge < -0.3 is 9.64 Å². The highest BCUT2D eigenvalue weighted by atomic mass is 19.4. The maximum absolute atomic E-state index is 13.1. The van der Waals surface area contributed by atoms with Gasteiger partial charge in [-0.25, -0.2) is 0 Å². The number of carbonyl (C=O) groups is 1. The van der Waals surface area contributed by atoms with E-state index in [0.29, 0.717) is 50.8 Å². The minimum absolute atomic E-state index is 0.126. The molecule has 150 valence electrons. The molecule has 3 rings (SSSR count). The Hall–Kier alpha value is -1.60. The first-order valence-corrected chi connectivity index (χ1v) is 9.66. The highest BCUT2D eigenvalue weighted by Gasteiger charge is 2.33. The molecule has 2 fully saturated rings. The number of hydrogen-bond acceptors (Lipinski definition) is 3. The predicted molar refractivity (Wildman–Crippen MR) is 96.3 cm³/mol. The molecule has 27 heavy (non-hydrogen) atoms. The lowest BCUT2D eigenvalue weighted by atomic mass is 9.90. The van der Waals surface area contributed by atoms with Crippen molar-refractivity contribution in [3.63, 3.8) is 0 Å². The van der Waals surface area contributed by atoms with Gasteiger partial charge in [0.2, 0.25) is 5.91 Å². The molecular weight excluding hydrogens is 357 g/mol. The largest absolute Gasteiger partial charge is 0.416 e. The average Bonchev–Trinajstić information content (AvgIpc) is 2.67. The number of amides is 1. The Kier molecular flexibility index (Phi) is 6.76. The number of nitrogens with zero attached hydrogens (tertiary/aromatic N) is 2. The van der Waals surface area contributed by atoms with E-state index in [9.17, 15) is 18.0 Å². The van der Waals surface area contributed by atoms with Gasteiger partial charge in [0, 0.05) is 19.6 Å². The Morgan fingerprint density at radius 1 is 1.15 bits per heavy atom. The zero-order chi connectivity index (χ0) is 19.3. The summed E-state index contributed by atoms with van der Waals surface area (Å²) < 4.78 is 44.7. The van der Waals surface area contributed by atoms with E-state index in [1.54, 1.807) is 12.1 Å². The number of alkyl halides is 3. The van der Waals surface area contributed by atoms with Crippen molar-refractivity contribution in [1.82, 2.24) is 9.80 Å². The van der Waals surface area contributed by atoms with Gasteiger partial charge in [-0.2, -0.15) is 13.2 Å². The Bertz CT molecular complexity index is 630. The summed E-state index contributed by atoms with van der Waals surface area (Å²) in [5.41, 5.74) is -0.160. The standard InChI is InChI=1S/C20H27F3N2O2/c21-20(22,23)18-6-2-1-5-17(18)8-7-16-4-3-9-24(14-16)15-19(26)25-10-12-27-13-11-25/h1-2,5-6,16H,3-4,7-15H2/t16-/m0/s1. The molecule has 1 amide bonds. The van der Waals surface area contributed by atoms with Crippen LogP contribution >= 0.6 is 0 Å². The van der Waals surface area contributed by atoms with Crippen molar-refractivity contribution in [3.8, 4) is 0 Å². The molecule has 0 aliphatic carbocycles. The zero-order valence-corrected chi connectivity index (χ0v) is 15.5. The third-order valence-corrected chi connectivity index (χ3v) is 5.47. The smallest absolute Gasteiger partial charge is 0.378 e. The highest BCUT2D eigenvalue weighted by Crippen LogP contribution is 2.33. The highest BCUT2D eigenvalue weighted by molar-refractivity contribution is 5.78. The van der Waals surface area contributed by atoms with Crippen LogP contribution in [0.15, 0.2) is 24.3 Å². The van der Waals surface area contributed by atoms with Gasteiger partial charge in [-0.05, 0) is 49.8 Å². The molecule has 1 atom stereocenters. The SMILES string of the molecule is O=C(CN1CCC[C@@H](CCc2ccccc2C(F)(F)F)C1)N1CCOCC1. The Labute approximate surface area is 158 Å². The second-order valence-corrected chi connectivity index (χ2v) is 7.43. The van der Waals surface area contributed by atoms with Crippen LogP contribution in [0, 0.1) is 5.92 Å². The van der Waals surface area contributed by atoms with Crippen molar-refractivity contribution in [1.29, 1.82) is 0 Å². The van der Waals surface area contributed by atoms with E-state index in [4.69, 9.17) is 4.74 Å². The molecule has 0 N–H and O–H groups in total. The van der Waals surface area contributed by atoms with Crippen LogP contribution in [0.1, 0.15) is 30.4 Å². The molecule has 4 nitrogen and oxygen atoms in total. The van der Waals surface area contributed by atoms with Crippen LogP contribution in [0.3, 0.4) is 0 Å². The number of carbonyl (C=O) groups excluding carboxylic acids is 1. The summed E-state index contributed by atoms with van der Waals surface area (Å²) in [4.78, 5) is 16.4. The quantitative estimate of drug-likeness (QED) is 0.782. The van der Waals surface area contributed by atoms with E-state index in [1.807, 2.05) is 4.90 Å². The molecule has 2 aliphatic rings. The molecule has 0 aromatic heterocycles. The topological polar surface area (TPSA) is 32.8 Å². The molecule has 0 spiro atoms. The maximum Gasteiger partial charge on any atom is 0.416 e. The van der Waals surface area contributed by atoms with E-state index in [-0.39, 0.29) is 5.91 Å². The first kappa shape index (κ1) is 20.1. The van der Waals surface area contributed by atoms with Gasteiger partial charge in [0.25, 0.3) is 0 Å². The monoisotopic (exact) mass is 384 g/mol. The van der Waals surface area contributed by atoms with Gasteiger partial charge in [0.1, 0.15) is 0 Å². The zero-order valence-electron chi connectivity index (χ0n) is 15.5. The first-order chi connectivity index (χ1) is 12.9. The molecule has 2 aliphatic heterocycles. The van der Waals surface area contributed by atoms with E-state index in [0.717, 1.165) is 38.4 Å². The van der Waals surface area contributed by atoms with Crippen LogP contribution in [-0.4, -0.2) is 61.6 Å². The Morgan fingerprint density at radius 2 is 1.89 bits per heavy atom. The fourth-order valence-electron chi connectivity index (χ4n) is 4.01. The van der Waals surface area contributed by atoms with Crippen molar-refractivity contribution in [2.24, 2.45) is 5.92 Å². The van der Waals surface area contributed by atoms with E-state index in [1.165, 1.54) is 6.07 Å². The van der Waals surface area contributed by atoms with E-state index in [2.05, 4.69) is 4.90 Å². The number of benzene rings is 1. The van der Waals surface area contributed by atoms with Crippen LogP contribution in [0.4, 0.5) is 13.2 Å². The third-order valence-electron chi connectivity index (χ3n) is 5.47. The Balaban J connectivity index is 1.51. The van der Waals surface area contributed by atoms with Crippen LogP contribution in [0.5, 0.6) is 0 Å². The number of halogens is 3. The number of piperidine rings is 1. The van der Waals surface area contributed by atoms with Gasteiger partial charge >= 0.3 is 6.18 Å². The third kappa shape index (κ3) is 5.69. The minimum atomic E-state index is -4.31. The van der Waals surface area contributed by atoms with Crippen LogP contribution in [0.2, 0.25) is 0 Å². The number of aryl methyl sites for hydroxylation is 1. The maximum atomic E-state index is 13.1. The minimum Gasteiger partial charge on any atom is -0.378 e. The lowest BCUT2D eigenvalue weighted by Gasteiger charge is -2.35. The Morgan fingerprint density at radius 3 is 2.63 bits per heavy atom. The summed E-state index contributed by atoms with van der Waals surface area (Å²) in [6.45, 7) is 4.53. The van der Waals surface area contributed by atoms with Crippen LogP contribution < -0.4 is 0 Å².